The number of nitrogens with zero attached hydrogens (tertiary/aromatic N) is 1. The quantitative estimate of drug-likeness (QED) is 0.820. The highest BCUT2D eigenvalue weighted by atomic mass is 79.9. The number of β-amino-alcohol motifs (C(OH)–C–C–N with tert-alkyl or cyclic N) is 1. The smallest absolute Gasteiger partial charge is 0.0869 e. The monoisotopic (exact) mass is 348 g/mol. The molecule has 0 amide bonds. The predicted octanol–water partition coefficient (Wildman–Crippen LogP) is 1.68. The maximum Gasteiger partial charge on any atom is 0.0869 e. The van der Waals surface area contributed by atoms with Crippen LogP contribution in [0.15, 0.2) is 15.9 Å². The molecule has 6 heteroatoms. The number of thiophene rings is 1. The molecule has 1 aromatic rings. The van der Waals surface area contributed by atoms with E-state index in [4.69, 9.17) is 4.74 Å². The van der Waals surface area contributed by atoms with E-state index in [0.29, 0.717) is 13.1 Å². The van der Waals surface area contributed by atoms with Gasteiger partial charge in [-0.2, -0.15) is 0 Å². The van der Waals surface area contributed by atoms with Crippen LogP contribution in [-0.2, 0) is 11.3 Å². The highest BCUT2D eigenvalue weighted by Gasteiger charge is 2.24. The lowest BCUT2D eigenvalue weighted by Crippen LogP contribution is -2.50. The summed E-state index contributed by atoms with van der Waals surface area (Å²) < 4.78 is 6.45. The van der Waals surface area contributed by atoms with Crippen molar-refractivity contribution in [2.75, 3.05) is 39.4 Å². The zero-order valence-electron chi connectivity index (χ0n) is 11.2. The Morgan fingerprint density at radius 3 is 2.89 bits per heavy atom. The molecule has 0 spiro atoms. The molecule has 1 saturated heterocycles. The highest BCUT2D eigenvalue weighted by Crippen LogP contribution is 2.22. The van der Waals surface area contributed by atoms with Gasteiger partial charge in [-0.3, -0.25) is 4.90 Å². The lowest BCUT2D eigenvalue weighted by molar-refractivity contribution is -0.0219. The van der Waals surface area contributed by atoms with Gasteiger partial charge in [0.15, 0.2) is 0 Å². The van der Waals surface area contributed by atoms with E-state index < -0.39 is 5.60 Å². The van der Waals surface area contributed by atoms with Gasteiger partial charge in [-0.15, -0.1) is 11.3 Å². The predicted molar refractivity (Wildman–Crippen MR) is 81.6 cm³/mol. The van der Waals surface area contributed by atoms with Crippen molar-refractivity contribution in [2.45, 2.75) is 19.1 Å². The lowest BCUT2D eigenvalue weighted by atomic mass is 10.1. The Labute approximate surface area is 126 Å². The fourth-order valence-electron chi connectivity index (χ4n) is 2.19. The Morgan fingerprint density at radius 1 is 1.53 bits per heavy atom. The third-order valence-electron chi connectivity index (χ3n) is 3.15. The Balaban J connectivity index is 1.72. The van der Waals surface area contributed by atoms with E-state index in [2.05, 4.69) is 31.5 Å². The van der Waals surface area contributed by atoms with Gasteiger partial charge in [-0.25, -0.2) is 0 Å². The van der Waals surface area contributed by atoms with Crippen molar-refractivity contribution in [3.63, 3.8) is 0 Å². The van der Waals surface area contributed by atoms with Crippen molar-refractivity contribution >= 4 is 27.3 Å². The molecule has 0 unspecified atom stereocenters. The molecule has 19 heavy (non-hydrogen) atoms. The molecule has 0 saturated carbocycles. The van der Waals surface area contributed by atoms with Gasteiger partial charge in [0.1, 0.15) is 0 Å². The maximum atomic E-state index is 10.4. The Bertz CT molecular complexity index is 392. The highest BCUT2D eigenvalue weighted by molar-refractivity contribution is 9.10. The standard InChI is InChI=1S/C13H21BrN2O2S/c1-13(17,10-16-3-5-18-6-4-16)9-15-8-12-11(14)2-7-19-12/h2,7,15,17H,3-6,8-10H2,1H3/t13-/m1/s1. The van der Waals surface area contributed by atoms with Crippen LogP contribution in [-0.4, -0.2) is 55.0 Å². The van der Waals surface area contributed by atoms with E-state index >= 15 is 0 Å². The number of rotatable bonds is 6. The summed E-state index contributed by atoms with van der Waals surface area (Å²) in [6.07, 6.45) is 0. The fourth-order valence-corrected chi connectivity index (χ4v) is 3.66. The van der Waals surface area contributed by atoms with Crippen LogP contribution in [0.3, 0.4) is 0 Å². The summed E-state index contributed by atoms with van der Waals surface area (Å²) in [6.45, 7) is 7.32. The Morgan fingerprint density at radius 2 is 2.26 bits per heavy atom. The van der Waals surface area contributed by atoms with Crippen LogP contribution in [0.1, 0.15) is 11.8 Å². The van der Waals surface area contributed by atoms with Crippen molar-refractivity contribution in [1.29, 1.82) is 0 Å². The first kappa shape index (κ1) is 15.4. The van der Waals surface area contributed by atoms with E-state index in [1.807, 2.05) is 13.0 Å². The number of ether oxygens (including phenoxy) is 1. The van der Waals surface area contributed by atoms with Crippen LogP contribution in [0.2, 0.25) is 0 Å². The van der Waals surface area contributed by atoms with Crippen LogP contribution in [0.4, 0.5) is 0 Å². The second kappa shape index (κ2) is 7.15. The maximum absolute atomic E-state index is 10.4. The molecule has 0 radical (unpaired) electrons. The van der Waals surface area contributed by atoms with Gasteiger partial charge in [-0.1, -0.05) is 0 Å². The molecule has 0 bridgehead atoms. The number of hydrogen-bond acceptors (Lipinski definition) is 5. The van der Waals surface area contributed by atoms with E-state index in [-0.39, 0.29) is 0 Å². The summed E-state index contributed by atoms with van der Waals surface area (Å²) in [5, 5.41) is 15.8. The van der Waals surface area contributed by atoms with E-state index in [0.717, 1.165) is 37.3 Å². The van der Waals surface area contributed by atoms with E-state index in [9.17, 15) is 5.11 Å². The normalized spacial score (nSPS) is 20.4. The lowest BCUT2D eigenvalue weighted by Gasteiger charge is -2.34. The molecule has 2 N–H and O–H groups in total. The number of morpholine rings is 1. The van der Waals surface area contributed by atoms with Gasteiger partial charge < -0.3 is 15.2 Å². The Kier molecular flexibility index (Phi) is 5.80. The molecule has 0 aromatic carbocycles. The SMILES string of the molecule is C[C@@](O)(CNCc1sccc1Br)CN1CCOCC1. The van der Waals surface area contributed by atoms with Gasteiger partial charge in [0.25, 0.3) is 0 Å². The molecule has 0 aliphatic carbocycles. The molecule has 1 aliphatic rings. The van der Waals surface area contributed by atoms with Crippen LogP contribution in [0.5, 0.6) is 0 Å². The number of aliphatic hydroxyl groups is 1. The minimum Gasteiger partial charge on any atom is -0.388 e. The minimum atomic E-state index is -0.707. The Hall–Kier alpha value is 0.0200. The first-order valence-corrected chi connectivity index (χ1v) is 8.19. The largest absolute Gasteiger partial charge is 0.388 e. The van der Waals surface area contributed by atoms with Crippen molar-refractivity contribution in [1.82, 2.24) is 10.2 Å². The van der Waals surface area contributed by atoms with E-state index in [1.165, 1.54) is 4.88 Å². The summed E-state index contributed by atoms with van der Waals surface area (Å²) in [6, 6.07) is 2.05. The van der Waals surface area contributed by atoms with Crippen LogP contribution in [0.25, 0.3) is 0 Å². The summed E-state index contributed by atoms with van der Waals surface area (Å²) in [7, 11) is 0. The summed E-state index contributed by atoms with van der Waals surface area (Å²) in [5.74, 6) is 0. The van der Waals surface area contributed by atoms with Crippen LogP contribution < -0.4 is 5.32 Å². The molecular formula is C13H21BrN2O2S. The van der Waals surface area contributed by atoms with Gasteiger partial charge >= 0.3 is 0 Å². The number of halogens is 1. The molecule has 2 rings (SSSR count). The van der Waals surface area contributed by atoms with Gasteiger partial charge in [0.2, 0.25) is 0 Å². The third-order valence-corrected chi connectivity index (χ3v) is 5.08. The van der Waals surface area contributed by atoms with Gasteiger partial charge in [-0.05, 0) is 34.3 Å². The second-order valence-corrected chi connectivity index (χ2v) is 7.04. The van der Waals surface area contributed by atoms with Crippen LogP contribution >= 0.6 is 27.3 Å². The molecular weight excluding hydrogens is 328 g/mol. The molecule has 1 aromatic heterocycles. The van der Waals surface area contributed by atoms with Gasteiger partial charge in [0, 0.05) is 42.1 Å². The topological polar surface area (TPSA) is 44.7 Å². The van der Waals surface area contributed by atoms with E-state index in [1.54, 1.807) is 11.3 Å². The molecule has 1 atom stereocenters. The molecule has 108 valence electrons. The zero-order chi connectivity index (χ0) is 13.7. The first-order valence-electron chi connectivity index (χ1n) is 6.52. The zero-order valence-corrected chi connectivity index (χ0v) is 13.6. The average Bonchev–Trinajstić information content (AvgIpc) is 2.76. The average molecular weight is 349 g/mol. The van der Waals surface area contributed by atoms with Crippen molar-refractivity contribution in [2.24, 2.45) is 0 Å². The summed E-state index contributed by atoms with van der Waals surface area (Å²) >= 11 is 5.23. The molecule has 1 aliphatic heterocycles. The summed E-state index contributed by atoms with van der Waals surface area (Å²) in [4.78, 5) is 3.52. The van der Waals surface area contributed by atoms with Crippen molar-refractivity contribution in [3.05, 3.63) is 20.8 Å². The second-order valence-electron chi connectivity index (χ2n) is 5.18. The number of nitrogens with one attached hydrogen (secondary N) is 1. The fraction of sp³-hybridized carbons (Fsp3) is 0.692. The molecule has 4 nitrogen and oxygen atoms in total. The van der Waals surface area contributed by atoms with Crippen molar-refractivity contribution < 1.29 is 9.84 Å². The number of hydrogen-bond donors (Lipinski definition) is 2. The minimum absolute atomic E-state index is 0.592. The van der Waals surface area contributed by atoms with Gasteiger partial charge in [0.05, 0.1) is 18.8 Å². The van der Waals surface area contributed by atoms with Crippen LogP contribution in [0, 0.1) is 0 Å². The van der Waals surface area contributed by atoms with Crippen molar-refractivity contribution in [3.8, 4) is 0 Å². The third kappa shape index (κ3) is 5.13. The molecule has 1 fully saturated rings. The summed E-state index contributed by atoms with van der Waals surface area (Å²) in [5.41, 5.74) is -0.707. The molecule has 2 heterocycles. The first-order chi connectivity index (χ1) is 9.07.